The number of thiazole rings is 1. The van der Waals surface area contributed by atoms with Gasteiger partial charge in [0.25, 0.3) is 5.91 Å². The molecule has 1 aromatic carbocycles. The zero-order valence-corrected chi connectivity index (χ0v) is 18.0. The molecule has 2 atom stereocenters. The van der Waals surface area contributed by atoms with Crippen LogP contribution in [0.15, 0.2) is 41.8 Å². The zero-order chi connectivity index (χ0) is 22.1. The number of carbonyl (C=O) groups is 3. The Labute approximate surface area is 185 Å². The van der Waals surface area contributed by atoms with Crippen LogP contribution in [0.1, 0.15) is 6.92 Å². The number of nitrogen functional groups attached to an aromatic ring is 1. The number of ether oxygens (including phenoxy) is 1. The molecule has 1 aromatic heterocycles. The monoisotopic (exact) mass is 461 g/mol. The molecule has 5 N–H and O–H groups in total. The number of hydrogen-bond donors (Lipinski definition) is 4. The third kappa shape index (κ3) is 4.16. The summed E-state index contributed by atoms with van der Waals surface area (Å²) in [4.78, 5) is 41.5. The molecular formula is C19H19N5O5S2. The first-order valence-electron chi connectivity index (χ1n) is 9.28. The number of amides is 2. The predicted molar refractivity (Wildman–Crippen MR) is 118 cm³/mol. The minimum atomic E-state index is -1.49. The van der Waals surface area contributed by atoms with E-state index in [4.69, 9.17) is 15.6 Å². The Bertz CT molecular complexity index is 1130. The number of nitrogens with one attached hydrogen (secondary N) is 2. The summed E-state index contributed by atoms with van der Waals surface area (Å²) in [5.74, 6) is -0.304. The van der Waals surface area contributed by atoms with Crippen molar-refractivity contribution in [1.29, 1.82) is 0 Å². The summed E-state index contributed by atoms with van der Waals surface area (Å²) in [6, 6.07) is 4.72. The van der Waals surface area contributed by atoms with Crippen LogP contribution in [0.25, 0.3) is 10.2 Å². The van der Waals surface area contributed by atoms with Crippen LogP contribution in [0.4, 0.5) is 15.6 Å². The van der Waals surface area contributed by atoms with E-state index in [1.807, 2.05) is 12.1 Å². The summed E-state index contributed by atoms with van der Waals surface area (Å²) in [6.07, 6.45) is 1.96. The number of β-lactam (4-membered cyclic amide) rings is 1. The van der Waals surface area contributed by atoms with Crippen LogP contribution in [0.2, 0.25) is 0 Å². The van der Waals surface area contributed by atoms with Gasteiger partial charge in [-0.05, 0) is 25.1 Å². The number of benzene rings is 1. The summed E-state index contributed by atoms with van der Waals surface area (Å²) < 4.78 is 5.76. The SMILES string of the molecule is C/C=C/C1=C(OC(=O)O)N2C(=O)C(NC(=O)CNc3ccc4nc(N)sc4c3)[C@@H]2SC1. The van der Waals surface area contributed by atoms with E-state index in [1.165, 1.54) is 28.0 Å². The molecule has 1 unspecified atom stereocenters. The molecule has 0 bridgehead atoms. The van der Waals surface area contributed by atoms with Crippen LogP contribution in [0, 0.1) is 0 Å². The molecule has 1 saturated heterocycles. The van der Waals surface area contributed by atoms with Gasteiger partial charge in [-0.15, -0.1) is 11.8 Å². The van der Waals surface area contributed by atoms with Crippen molar-refractivity contribution in [3.63, 3.8) is 0 Å². The average molecular weight is 462 g/mol. The largest absolute Gasteiger partial charge is 0.512 e. The summed E-state index contributed by atoms with van der Waals surface area (Å²) >= 11 is 2.79. The first-order valence-corrected chi connectivity index (χ1v) is 11.1. The Morgan fingerprint density at radius 3 is 3.00 bits per heavy atom. The van der Waals surface area contributed by atoms with Crippen LogP contribution >= 0.6 is 23.1 Å². The molecule has 1 fully saturated rings. The van der Waals surface area contributed by atoms with Gasteiger partial charge in [0.2, 0.25) is 11.8 Å². The molecule has 0 spiro atoms. The van der Waals surface area contributed by atoms with Gasteiger partial charge in [0.15, 0.2) is 5.13 Å². The number of carbonyl (C=O) groups excluding carboxylic acids is 2. The van der Waals surface area contributed by atoms with E-state index in [2.05, 4.69) is 15.6 Å². The maximum atomic E-state index is 12.6. The molecule has 2 aliphatic rings. The normalized spacial score (nSPS) is 20.5. The van der Waals surface area contributed by atoms with E-state index >= 15 is 0 Å². The summed E-state index contributed by atoms with van der Waals surface area (Å²) in [5.41, 5.74) is 7.83. The number of nitrogens with two attached hydrogens (primary N) is 1. The number of carboxylic acid groups (broad SMARTS) is 1. The fourth-order valence-corrected chi connectivity index (χ4v) is 5.42. The van der Waals surface area contributed by atoms with Crippen LogP contribution in [0.5, 0.6) is 0 Å². The van der Waals surface area contributed by atoms with E-state index in [0.717, 1.165) is 15.9 Å². The molecule has 2 amide bonds. The van der Waals surface area contributed by atoms with Gasteiger partial charge in [-0.2, -0.15) is 0 Å². The molecule has 2 aromatic rings. The van der Waals surface area contributed by atoms with Crippen molar-refractivity contribution in [1.82, 2.24) is 15.2 Å². The Morgan fingerprint density at radius 1 is 1.45 bits per heavy atom. The van der Waals surface area contributed by atoms with E-state index in [-0.39, 0.29) is 18.3 Å². The lowest BCUT2D eigenvalue weighted by Gasteiger charge is -2.48. The molecule has 0 radical (unpaired) electrons. The second kappa shape index (κ2) is 8.47. The number of fused-ring (bicyclic) bond motifs is 2. The van der Waals surface area contributed by atoms with Crippen LogP contribution < -0.4 is 16.4 Å². The molecule has 10 nitrogen and oxygen atoms in total. The number of rotatable bonds is 6. The number of allylic oxidation sites excluding steroid dienone is 2. The number of aromatic nitrogens is 1. The molecular weight excluding hydrogens is 442 g/mol. The molecule has 12 heteroatoms. The zero-order valence-electron chi connectivity index (χ0n) is 16.3. The average Bonchev–Trinajstić information content (AvgIpc) is 3.10. The molecule has 3 heterocycles. The molecule has 162 valence electrons. The fourth-order valence-electron chi connectivity index (χ4n) is 3.35. The third-order valence-electron chi connectivity index (χ3n) is 4.67. The minimum Gasteiger partial charge on any atom is -0.449 e. The number of hydrogen-bond acceptors (Lipinski definition) is 9. The first kappa shape index (κ1) is 21.0. The Balaban J connectivity index is 1.38. The Hall–Kier alpha value is -3.25. The second-order valence-electron chi connectivity index (χ2n) is 6.74. The van der Waals surface area contributed by atoms with Gasteiger partial charge in [0.05, 0.1) is 16.8 Å². The van der Waals surface area contributed by atoms with Crippen LogP contribution in [0.3, 0.4) is 0 Å². The summed E-state index contributed by atoms with van der Waals surface area (Å²) in [7, 11) is 0. The highest BCUT2D eigenvalue weighted by Gasteiger charge is 2.53. The fraction of sp³-hybridized carbons (Fsp3) is 0.263. The predicted octanol–water partition coefficient (Wildman–Crippen LogP) is 2.17. The van der Waals surface area contributed by atoms with Gasteiger partial charge in [-0.3, -0.25) is 14.5 Å². The Morgan fingerprint density at radius 2 is 2.26 bits per heavy atom. The molecule has 31 heavy (non-hydrogen) atoms. The highest BCUT2D eigenvalue weighted by molar-refractivity contribution is 8.00. The quantitative estimate of drug-likeness (QED) is 0.375. The van der Waals surface area contributed by atoms with E-state index in [1.54, 1.807) is 25.1 Å². The number of anilines is 2. The third-order valence-corrected chi connectivity index (χ3v) is 6.82. The molecule has 2 aliphatic heterocycles. The van der Waals surface area contributed by atoms with Crippen molar-refractivity contribution < 1.29 is 24.2 Å². The van der Waals surface area contributed by atoms with Gasteiger partial charge in [-0.1, -0.05) is 23.5 Å². The van der Waals surface area contributed by atoms with Crippen molar-refractivity contribution in [3.05, 3.63) is 41.8 Å². The molecule has 4 rings (SSSR count). The molecule has 0 saturated carbocycles. The van der Waals surface area contributed by atoms with Crippen molar-refractivity contribution in [2.24, 2.45) is 0 Å². The van der Waals surface area contributed by atoms with Crippen molar-refractivity contribution in [2.45, 2.75) is 18.3 Å². The smallest absolute Gasteiger partial charge is 0.449 e. The van der Waals surface area contributed by atoms with Gasteiger partial charge >= 0.3 is 6.16 Å². The topological polar surface area (TPSA) is 147 Å². The van der Waals surface area contributed by atoms with E-state index in [0.29, 0.717) is 16.5 Å². The standard InChI is InChI=1S/C19H19N5O5S2/c1-2-3-9-8-30-17-14(15(26)24(17)16(9)29-19(27)28)23-13(25)7-21-10-4-5-11-12(6-10)31-18(20)22-11/h2-6,14,17,21H,7-8H2,1H3,(H2,20,22)(H,23,25)(H,27,28)/b3-2+/t14?,17-/m0/s1. The maximum Gasteiger partial charge on any atom is 0.512 e. The lowest BCUT2D eigenvalue weighted by atomic mass is 10.1. The Kier molecular flexibility index (Phi) is 5.74. The van der Waals surface area contributed by atoms with Crippen molar-refractivity contribution in [2.75, 3.05) is 23.3 Å². The van der Waals surface area contributed by atoms with E-state index < -0.39 is 23.5 Å². The van der Waals surface area contributed by atoms with E-state index in [9.17, 15) is 14.4 Å². The first-order chi connectivity index (χ1) is 14.9. The van der Waals surface area contributed by atoms with Crippen molar-refractivity contribution >= 4 is 62.1 Å². The second-order valence-corrected chi connectivity index (χ2v) is 8.91. The van der Waals surface area contributed by atoms with Crippen molar-refractivity contribution in [3.8, 4) is 0 Å². The minimum absolute atomic E-state index is 0.0000990. The highest BCUT2D eigenvalue weighted by Crippen LogP contribution is 2.41. The number of thioether (sulfide) groups is 1. The van der Waals surface area contributed by atoms with Gasteiger partial charge in [-0.25, -0.2) is 9.78 Å². The lowest BCUT2D eigenvalue weighted by Crippen LogP contribution is -2.70. The lowest BCUT2D eigenvalue weighted by molar-refractivity contribution is -0.148. The highest BCUT2D eigenvalue weighted by atomic mass is 32.2. The summed E-state index contributed by atoms with van der Waals surface area (Å²) in [5, 5.41) is 14.8. The van der Waals surface area contributed by atoms with Crippen LogP contribution in [-0.4, -0.2) is 56.7 Å². The van der Waals surface area contributed by atoms with Gasteiger partial charge in [0, 0.05) is 17.0 Å². The van der Waals surface area contributed by atoms with Crippen LogP contribution in [-0.2, 0) is 14.3 Å². The maximum absolute atomic E-state index is 12.6. The van der Waals surface area contributed by atoms with Gasteiger partial charge < -0.3 is 26.2 Å². The number of nitrogens with zero attached hydrogens (tertiary/aromatic N) is 2. The summed E-state index contributed by atoms with van der Waals surface area (Å²) in [6.45, 7) is 1.76. The molecule has 0 aliphatic carbocycles. The van der Waals surface area contributed by atoms with Gasteiger partial charge in [0.1, 0.15) is 11.4 Å².